The van der Waals surface area contributed by atoms with Gasteiger partial charge >= 0.3 is 0 Å². The van der Waals surface area contributed by atoms with Crippen LogP contribution in [0.2, 0.25) is 0 Å². The second kappa shape index (κ2) is 7.36. The third-order valence-electron chi connectivity index (χ3n) is 4.35. The zero-order valence-corrected chi connectivity index (χ0v) is 16.1. The largest absolute Gasteiger partial charge is 0.392 e. The summed E-state index contributed by atoms with van der Waals surface area (Å²) in [5.74, 6) is 1.88. The second-order valence-electron chi connectivity index (χ2n) is 6.91. The Balaban J connectivity index is 1.70. The van der Waals surface area contributed by atoms with Crippen molar-refractivity contribution < 1.29 is 5.11 Å². The van der Waals surface area contributed by atoms with Crippen molar-refractivity contribution in [3.8, 4) is 11.3 Å². The Morgan fingerprint density at radius 2 is 1.86 bits per heavy atom. The summed E-state index contributed by atoms with van der Waals surface area (Å²) < 4.78 is 3.66. The predicted molar refractivity (Wildman–Crippen MR) is 109 cm³/mol. The van der Waals surface area contributed by atoms with E-state index in [0.717, 1.165) is 28.5 Å². The monoisotopic (exact) mass is 374 g/mol. The second-order valence-corrected chi connectivity index (χ2v) is 6.91. The average molecular weight is 374 g/mol. The third-order valence-corrected chi connectivity index (χ3v) is 4.35. The summed E-state index contributed by atoms with van der Waals surface area (Å²) in [6.45, 7) is 6.13. The van der Waals surface area contributed by atoms with Crippen molar-refractivity contribution in [1.82, 2.24) is 29.1 Å². The molecule has 1 aromatic carbocycles. The van der Waals surface area contributed by atoms with E-state index in [0.29, 0.717) is 18.1 Å². The standard InChI is InChI=1S/C21H22N6O/c1-14-11-15(2)27-21(22-14)24-19(25-27)9-10-20-23-18(13-26(20)12-16(3)28)17-7-5-4-6-8-17/h4-11,13,16,28H,12H2,1-3H3/b10-9+/t16-/m1/s1. The Hall–Kier alpha value is -3.32. The average Bonchev–Trinajstić information content (AvgIpc) is 3.24. The predicted octanol–water partition coefficient (Wildman–Crippen LogP) is 3.16. The van der Waals surface area contributed by atoms with Gasteiger partial charge in [0, 0.05) is 29.7 Å². The number of fused-ring (bicyclic) bond motifs is 1. The third kappa shape index (κ3) is 3.70. The number of imidazole rings is 1. The maximum absolute atomic E-state index is 9.84. The first kappa shape index (κ1) is 18.1. The van der Waals surface area contributed by atoms with Gasteiger partial charge in [-0.15, -0.1) is 5.10 Å². The number of aryl methyl sites for hydroxylation is 2. The lowest BCUT2D eigenvalue weighted by Crippen LogP contribution is -2.12. The van der Waals surface area contributed by atoms with Gasteiger partial charge < -0.3 is 9.67 Å². The molecule has 0 amide bonds. The molecule has 142 valence electrons. The van der Waals surface area contributed by atoms with E-state index in [1.807, 2.05) is 73.2 Å². The Kier molecular flexibility index (Phi) is 4.75. The van der Waals surface area contributed by atoms with Crippen molar-refractivity contribution in [2.45, 2.75) is 33.4 Å². The van der Waals surface area contributed by atoms with Crippen LogP contribution in [-0.4, -0.2) is 40.3 Å². The van der Waals surface area contributed by atoms with Gasteiger partial charge in [0.15, 0.2) is 5.82 Å². The molecule has 7 heteroatoms. The molecular weight excluding hydrogens is 352 g/mol. The minimum absolute atomic E-state index is 0.456. The highest BCUT2D eigenvalue weighted by Gasteiger charge is 2.10. The van der Waals surface area contributed by atoms with Crippen LogP contribution in [0.3, 0.4) is 0 Å². The molecule has 0 saturated carbocycles. The Morgan fingerprint density at radius 1 is 1.07 bits per heavy atom. The van der Waals surface area contributed by atoms with Crippen LogP contribution in [0.1, 0.15) is 30.0 Å². The van der Waals surface area contributed by atoms with E-state index in [1.54, 1.807) is 11.4 Å². The molecule has 4 aromatic rings. The van der Waals surface area contributed by atoms with Gasteiger partial charge in [-0.3, -0.25) is 0 Å². The van der Waals surface area contributed by atoms with Crippen LogP contribution >= 0.6 is 0 Å². The van der Waals surface area contributed by atoms with Crippen LogP contribution in [0.15, 0.2) is 42.6 Å². The van der Waals surface area contributed by atoms with E-state index in [2.05, 4.69) is 15.1 Å². The summed E-state index contributed by atoms with van der Waals surface area (Å²) >= 11 is 0. The number of rotatable bonds is 5. The molecule has 3 heterocycles. The summed E-state index contributed by atoms with van der Waals surface area (Å²) in [6.07, 6.45) is 5.16. The quantitative estimate of drug-likeness (QED) is 0.580. The summed E-state index contributed by atoms with van der Waals surface area (Å²) in [5.41, 5.74) is 3.78. The van der Waals surface area contributed by atoms with Crippen LogP contribution in [0.5, 0.6) is 0 Å². The first-order valence-corrected chi connectivity index (χ1v) is 9.19. The molecule has 3 aromatic heterocycles. The smallest absolute Gasteiger partial charge is 0.253 e. The summed E-state index contributed by atoms with van der Waals surface area (Å²) in [4.78, 5) is 13.6. The normalized spacial score (nSPS) is 12.9. The van der Waals surface area contributed by atoms with E-state index in [9.17, 15) is 5.11 Å². The van der Waals surface area contributed by atoms with Crippen LogP contribution in [0, 0.1) is 13.8 Å². The Bertz CT molecular complexity index is 1140. The number of benzene rings is 1. The van der Waals surface area contributed by atoms with Gasteiger partial charge in [0.25, 0.3) is 5.78 Å². The van der Waals surface area contributed by atoms with E-state index in [-0.39, 0.29) is 0 Å². The number of aromatic nitrogens is 6. The van der Waals surface area contributed by atoms with Gasteiger partial charge in [-0.1, -0.05) is 30.3 Å². The van der Waals surface area contributed by atoms with Crippen LogP contribution in [0.4, 0.5) is 0 Å². The fourth-order valence-electron chi connectivity index (χ4n) is 3.14. The summed E-state index contributed by atoms with van der Waals surface area (Å²) in [5, 5.41) is 14.3. The van der Waals surface area contributed by atoms with Crippen LogP contribution in [0.25, 0.3) is 29.2 Å². The SMILES string of the molecule is Cc1cc(C)n2nc(/C=C/c3nc(-c4ccccc4)cn3C[C@@H](C)O)nc2n1. The minimum Gasteiger partial charge on any atom is -0.392 e. The molecule has 0 fully saturated rings. The van der Waals surface area contributed by atoms with Gasteiger partial charge in [-0.05, 0) is 39.0 Å². The highest BCUT2D eigenvalue weighted by atomic mass is 16.3. The van der Waals surface area contributed by atoms with Crippen molar-refractivity contribution in [1.29, 1.82) is 0 Å². The maximum Gasteiger partial charge on any atom is 0.253 e. The van der Waals surface area contributed by atoms with Gasteiger partial charge in [0.05, 0.1) is 11.8 Å². The van der Waals surface area contributed by atoms with Crippen LogP contribution in [-0.2, 0) is 6.54 Å². The first-order chi connectivity index (χ1) is 13.5. The number of hydrogen-bond acceptors (Lipinski definition) is 5. The summed E-state index contributed by atoms with van der Waals surface area (Å²) in [6, 6.07) is 11.9. The molecule has 0 spiro atoms. The van der Waals surface area contributed by atoms with Crippen LogP contribution < -0.4 is 0 Å². The van der Waals surface area contributed by atoms with Crippen molar-refractivity contribution in [2.75, 3.05) is 0 Å². The Labute approximate surface area is 163 Å². The molecular formula is C21H22N6O. The molecule has 0 bridgehead atoms. The lowest BCUT2D eigenvalue weighted by atomic mass is 10.2. The van der Waals surface area contributed by atoms with E-state index < -0.39 is 6.10 Å². The Morgan fingerprint density at radius 3 is 2.61 bits per heavy atom. The molecule has 0 aliphatic rings. The van der Waals surface area contributed by atoms with Gasteiger partial charge in [0.1, 0.15) is 5.82 Å². The van der Waals surface area contributed by atoms with Crippen molar-refractivity contribution in [2.24, 2.45) is 0 Å². The van der Waals surface area contributed by atoms with Crippen molar-refractivity contribution in [3.63, 3.8) is 0 Å². The van der Waals surface area contributed by atoms with Crippen molar-refractivity contribution >= 4 is 17.9 Å². The number of hydrogen-bond donors (Lipinski definition) is 1. The van der Waals surface area contributed by atoms with E-state index >= 15 is 0 Å². The lowest BCUT2D eigenvalue weighted by molar-refractivity contribution is 0.173. The molecule has 0 saturated heterocycles. The highest BCUT2D eigenvalue weighted by Crippen LogP contribution is 2.20. The zero-order chi connectivity index (χ0) is 19.7. The topological polar surface area (TPSA) is 81.1 Å². The molecule has 0 unspecified atom stereocenters. The first-order valence-electron chi connectivity index (χ1n) is 9.19. The number of aliphatic hydroxyl groups excluding tert-OH is 1. The number of aliphatic hydroxyl groups is 1. The molecule has 28 heavy (non-hydrogen) atoms. The minimum atomic E-state index is -0.479. The molecule has 4 rings (SSSR count). The van der Waals surface area contributed by atoms with Gasteiger partial charge in [-0.25, -0.2) is 14.5 Å². The fourth-order valence-corrected chi connectivity index (χ4v) is 3.14. The molecule has 1 atom stereocenters. The molecule has 0 aliphatic carbocycles. The molecule has 0 radical (unpaired) electrons. The van der Waals surface area contributed by atoms with Crippen molar-refractivity contribution in [3.05, 3.63) is 65.6 Å². The fraction of sp³-hybridized carbons (Fsp3) is 0.238. The summed E-state index contributed by atoms with van der Waals surface area (Å²) in [7, 11) is 0. The zero-order valence-electron chi connectivity index (χ0n) is 16.1. The van der Waals surface area contributed by atoms with Gasteiger partial charge in [0.2, 0.25) is 0 Å². The number of nitrogens with zero attached hydrogens (tertiary/aromatic N) is 6. The molecule has 0 aliphatic heterocycles. The highest BCUT2D eigenvalue weighted by molar-refractivity contribution is 5.67. The maximum atomic E-state index is 9.84. The lowest BCUT2D eigenvalue weighted by Gasteiger charge is -2.06. The van der Waals surface area contributed by atoms with E-state index in [1.165, 1.54) is 0 Å². The van der Waals surface area contributed by atoms with E-state index in [4.69, 9.17) is 4.98 Å². The molecule has 1 N–H and O–H groups in total. The van der Waals surface area contributed by atoms with Gasteiger partial charge in [-0.2, -0.15) is 4.98 Å². The molecule has 7 nitrogen and oxygen atoms in total.